The summed E-state index contributed by atoms with van der Waals surface area (Å²) >= 11 is 0. The van der Waals surface area contributed by atoms with Gasteiger partial charge in [-0.3, -0.25) is 0 Å². The Hall–Kier alpha value is -1.08. The van der Waals surface area contributed by atoms with Crippen molar-refractivity contribution in [3.05, 3.63) is 48.0 Å². The molecule has 86 valence electrons. The first-order valence-corrected chi connectivity index (χ1v) is 5.88. The van der Waals surface area contributed by atoms with E-state index in [-0.39, 0.29) is 17.1 Å². The molecule has 1 aliphatic heterocycles. The van der Waals surface area contributed by atoms with Crippen molar-refractivity contribution in [2.75, 3.05) is 0 Å². The number of hydrogen-bond acceptors (Lipinski definition) is 1. The molecule has 2 rings (SSSR count). The van der Waals surface area contributed by atoms with Crippen LogP contribution < -0.4 is 0 Å². The molecule has 16 heavy (non-hydrogen) atoms. The molecule has 0 spiro atoms. The summed E-state index contributed by atoms with van der Waals surface area (Å²) in [7, 11) is 0. The maximum absolute atomic E-state index is 6.19. The van der Waals surface area contributed by atoms with Crippen molar-refractivity contribution in [2.24, 2.45) is 5.41 Å². The van der Waals surface area contributed by atoms with Crippen molar-refractivity contribution in [3.63, 3.8) is 0 Å². The van der Waals surface area contributed by atoms with Crippen LogP contribution in [0.1, 0.15) is 33.3 Å². The molecule has 0 fully saturated rings. The average molecular weight is 216 g/mol. The van der Waals surface area contributed by atoms with Gasteiger partial charge in [0, 0.05) is 0 Å². The summed E-state index contributed by atoms with van der Waals surface area (Å²) in [5.74, 6) is 0. The maximum Gasteiger partial charge on any atom is 0.117 e. The molecule has 0 saturated carbocycles. The molecular formula is C15H20O. The highest BCUT2D eigenvalue weighted by Gasteiger charge is 2.45. The molecule has 0 amide bonds. The molecule has 0 bridgehead atoms. The van der Waals surface area contributed by atoms with Crippen LogP contribution in [0.4, 0.5) is 0 Å². The van der Waals surface area contributed by atoms with Crippen molar-refractivity contribution < 1.29 is 4.74 Å². The molecule has 0 aromatic heterocycles. The van der Waals surface area contributed by atoms with Gasteiger partial charge in [0.2, 0.25) is 0 Å². The highest BCUT2D eigenvalue weighted by molar-refractivity contribution is 5.33. The van der Waals surface area contributed by atoms with Gasteiger partial charge in [-0.15, -0.1) is 0 Å². The molecule has 1 nitrogen and oxygen atoms in total. The van der Waals surface area contributed by atoms with E-state index in [0.717, 1.165) is 0 Å². The van der Waals surface area contributed by atoms with Gasteiger partial charge >= 0.3 is 0 Å². The third kappa shape index (κ3) is 1.69. The van der Waals surface area contributed by atoms with Crippen LogP contribution in [0.15, 0.2) is 42.5 Å². The molecule has 2 atom stereocenters. The molecule has 1 aromatic carbocycles. The monoisotopic (exact) mass is 216 g/mol. The Kier molecular flexibility index (Phi) is 2.67. The zero-order valence-electron chi connectivity index (χ0n) is 10.5. The molecule has 1 aliphatic rings. The predicted octanol–water partition coefficient (Wildman–Crippen LogP) is 3.90. The third-order valence-electron chi connectivity index (χ3n) is 3.29. The molecule has 0 radical (unpaired) electrons. The summed E-state index contributed by atoms with van der Waals surface area (Å²) in [6.07, 6.45) is 4.56. The van der Waals surface area contributed by atoms with Crippen molar-refractivity contribution in [2.45, 2.75) is 39.4 Å². The van der Waals surface area contributed by atoms with Crippen LogP contribution in [0, 0.1) is 5.41 Å². The first kappa shape index (κ1) is 11.4. The third-order valence-corrected chi connectivity index (χ3v) is 3.29. The lowest BCUT2D eigenvalue weighted by Crippen LogP contribution is -2.39. The van der Waals surface area contributed by atoms with Gasteiger partial charge in [0.05, 0.1) is 6.10 Å². The summed E-state index contributed by atoms with van der Waals surface area (Å²) in [5.41, 5.74) is 1.01. The van der Waals surface area contributed by atoms with Crippen LogP contribution in [0.25, 0.3) is 0 Å². The van der Waals surface area contributed by atoms with E-state index in [1.54, 1.807) is 0 Å². The molecule has 0 saturated heterocycles. The van der Waals surface area contributed by atoms with Gasteiger partial charge in [0.25, 0.3) is 0 Å². The van der Waals surface area contributed by atoms with Crippen LogP contribution in [0.3, 0.4) is 0 Å². The van der Waals surface area contributed by atoms with Gasteiger partial charge in [0.15, 0.2) is 0 Å². The number of rotatable bonds is 1. The standard InChI is InChI=1S/C15H20O/c1-12-10-11-15(16-12,14(2,3)4)13-8-6-5-7-9-13/h5-12H,1-4H3/t12-,15-/m1/s1. The van der Waals surface area contributed by atoms with Crippen molar-refractivity contribution in [3.8, 4) is 0 Å². The number of hydrogen-bond donors (Lipinski definition) is 0. The van der Waals surface area contributed by atoms with E-state index in [0.29, 0.717) is 0 Å². The molecular weight excluding hydrogens is 196 g/mol. The van der Waals surface area contributed by atoms with E-state index in [1.807, 2.05) is 6.07 Å². The van der Waals surface area contributed by atoms with Gasteiger partial charge in [-0.05, 0) is 24.0 Å². The summed E-state index contributed by atoms with van der Waals surface area (Å²) in [6, 6.07) is 10.5. The summed E-state index contributed by atoms with van der Waals surface area (Å²) < 4.78 is 6.19. The Morgan fingerprint density at radius 3 is 2.19 bits per heavy atom. The van der Waals surface area contributed by atoms with Gasteiger partial charge in [-0.2, -0.15) is 0 Å². The van der Waals surface area contributed by atoms with Gasteiger partial charge in [-0.25, -0.2) is 0 Å². The predicted molar refractivity (Wildman–Crippen MR) is 67.3 cm³/mol. The van der Waals surface area contributed by atoms with Crippen molar-refractivity contribution >= 4 is 0 Å². The van der Waals surface area contributed by atoms with Crippen LogP contribution in [0.5, 0.6) is 0 Å². The minimum absolute atomic E-state index is 0.0512. The second-order valence-corrected chi connectivity index (χ2v) is 5.53. The molecule has 0 unspecified atom stereocenters. The van der Waals surface area contributed by atoms with E-state index >= 15 is 0 Å². The fourth-order valence-electron chi connectivity index (χ4n) is 2.35. The smallest absolute Gasteiger partial charge is 0.117 e. The van der Waals surface area contributed by atoms with E-state index in [2.05, 4.69) is 64.1 Å². The fourth-order valence-corrected chi connectivity index (χ4v) is 2.35. The van der Waals surface area contributed by atoms with Crippen molar-refractivity contribution in [1.82, 2.24) is 0 Å². The molecule has 1 aromatic rings. The first-order valence-electron chi connectivity index (χ1n) is 5.88. The Labute approximate surface area is 98.1 Å². The van der Waals surface area contributed by atoms with E-state index < -0.39 is 0 Å². The lowest BCUT2D eigenvalue weighted by molar-refractivity contribution is -0.0905. The Morgan fingerprint density at radius 1 is 1.12 bits per heavy atom. The van der Waals surface area contributed by atoms with E-state index in [1.165, 1.54) is 5.56 Å². The Balaban J connectivity index is 2.50. The number of ether oxygens (including phenoxy) is 1. The van der Waals surface area contributed by atoms with E-state index in [4.69, 9.17) is 4.74 Å². The highest BCUT2D eigenvalue weighted by Crippen LogP contribution is 2.47. The summed E-state index contributed by atoms with van der Waals surface area (Å²) in [6.45, 7) is 8.76. The first-order chi connectivity index (χ1) is 7.46. The average Bonchev–Trinajstić information content (AvgIpc) is 2.62. The summed E-state index contributed by atoms with van der Waals surface area (Å²) in [5, 5.41) is 0. The topological polar surface area (TPSA) is 9.23 Å². The van der Waals surface area contributed by atoms with E-state index in [9.17, 15) is 0 Å². The van der Waals surface area contributed by atoms with Crippen LogP contribution in [0.2, 0.25) is 0 Å². The SMILES string of the molecule is C[C@@H]1C=C[C@@](c2ccccc2)(C(C)(C)C)O1. The number of benzene rings is 1. The molecule has 0 N–H and O–H groups in total. The maximum atomic E-state index is 6.19. The Morgan fingerprint density at radius 2 is 1.75 bits per heavy atom. The summed E-state index contributed by atoms with van der Waals surface area (Å²) in [4.78, 5) is 0. The normalized spacial score (nSPS) is 29.6. The molecule has 1 heteroatoms. The van der Waals surface area contributed by atoms with Crippen LogP contribution in [-0.2, 0) is 10.3 Å². The van der Waals surface area contributed by atoms with Gasteiger partial charge in [-0.1, -0.05) is 57.2 Å². The van der Waals surface area contributed by atoms with Crippen LogP contribution in [-0.4, -0.2) is 6.10 Å². The van der Waals surface area contributed by atoms with Crippen LogP contribution >= 0.6 is 0 Å². The lowest BCUT2D eigenvalue weighted by Gasteiger charge is -2.41. The lowest BCUT2D eigenvalue weighted by atomic mass is 9.72. The van der Waals surface area contributed by atoms with Gasteiger partial charge in [0.1, 0.15) is 5.60 Å². The quantitative estimate of drug-likeness (QED) is 0.647. The molecule has 1 heterocycles. The van der Waals surface area contributed by atoms with Crippen molar-refractivity contribution in [1.29, 1.82) is 0 Å². The zero-order chi connectivity index (χ0) is 11.8. The zero-order valence-corrected chi connectivity index (χ0v) is 10.5. The second kappa shape index (κ2) is 3.74. The highest BCUT2D eigenvalue weighted by atomic mass is 16.5. The minimum Gasteiger partial charge on any atom is -0.359 e. The molecule has 0 aliphatic carbocycles. The van der Waals surface area contributed by atoms with Gasteiger partial charge < -0.3 is 4.74 Å². The minimum atomic E-state index is -0.284. The second-order valence-electron chi connectivity index (χ2n) is 5.53. The fraction of sp³-hybridized carbons (Fsp3) is 0.467. The Bertz CT molecular complexity index is 386. The largest absolute Gasteiger partial charge is 0.359 e.